The van der Waals surface area contributed by atoms with Crippen LogP contribution >= 0.6 is 0 Å². The Kier molecular flexibility index (Phi) is 10.5. The van der Waals surface area contributed by atoms with Crippen LogP contribution in [0.15, 0.2) is 119 Å². The van der Waals surface area contributed by atoms with Crippen LogP contribution in [0, 0.1) is 5.82 Å². The fraction of sp³-hybridized carbons (Fsp3) is 0.129. The summed E-state index contributed by atoms with van der Waals surface area (Å²) in [7, 11) is -3.92. The highest BCUT2D eigenvalue weighted by molar-refractivity contribution is 7.89. The van der Waals surface area contributed by atoms with Gasteiger partial charge >= 0.3 is 0 Å². The Bertz CT molecular complexity index is 1600. The van der Waals surface area contributed by atoms with Crippen molar-refractivity contribution in [1.29, 1.82) is 0 Å². The third-order valence-corrected chi connectivity index (χ3v) is 7.83. The molecule has 0 spiro atoms. The highest BCUT2D eigenvalue weighted by Gasteiger charge is 2.26. The zero-order valence-corrected chi connectivity index (χ0v) is 23.3. The maximum Gasteiger partial charge on any atom is 0.262 e. The minimum absolute atomic E-state index is 0.101. The van der Waals surface area contributed by atoms with Gasteiger partial charge in [-0.2, -0.15) is 9.41 Å². The second-order valence-electron chi connectivity index (χ2n) is 9.09. The van der Waals surface area contributed by atoms with Gasteiger partial charge in [0, 0.05) is 12.2 Å². The van der Waals surface area contributed by atoms with E-state index in [4.69, 9.17) is 4.74 Å². The largest absolute Gasteiger partial charge is 0.484 e. The van der Waals surface area contributed by atoms with E-state index in [1.54, 1.807) is 42.5 Å². The molecule has 4 aromatic carbocycles. The lowest BCUT2D eigenvalue weighted by Gasteiger charge is -2.21. The van der Waals surface area contributed by atoms with Gasteiger partial charge in [0.15, 0.2) is 6.61 Å². The van der Waals surface area contributed by atoms with Crippen LogP contribution in [-0.4, -0.2) is 50.4 Å². The Balaban J connectivity index is 1.29. The third-order valence-electron chi connectivity index (χ3n) is 5.97. The average Bonchev–Trinajstić information content (AvgIpc) is 3.01. The van der Waals surface area contributed by atoms with Gasteiger partial charge in [-0.25, -0.2) is 18.2 Å². The van der Waals surface area contributed by atoms with E-state index in [0.29, 0.717) is 23.4 Å². The molecule has 2 amide bonds. The second-order valence-corrected chi connectivity index (χ2v) is 11.0. The van der Waals surface area contributed by atoms with Crippen LogP contribution in [0.3, 0.4) is 0 Å². The van der Waals surface area contributed by atoms with Crippen LogP contribution in [0.4, 0.5) is 10.1 Å². The SMILES string of the molecule is O=C(CN(CCc1ccccc1)S(=O)(=O)c1ccccc1)N/N=C\c1ccc(OCC(=O)Nc2ccc(F)cc2)cc1. The topological polar surface area (TPSA) is 117 Å². The molecule has 0 aliphatic heterocycles. The van der Waals surface area contributed by atoms with Gasteiger partial charge in [0.25, 0.3) is 11.8 Å². The molecule has 0 unspecified atom stereocenters. The van der Waals surface area contributed by atoms with Crippen molar-refractivity contribution >= 4 is 33.7 Å². The first kappa shape index (κ1) is 30.1. The van der Waals surface area contributed by atoms with E-state index in [-0.39, 0.29) is 18.0 Å². The van der Waals surface area contributed by atoms with E-state index in [0.717, 1.165) is 9.87 Å². The highest BCUT2D eigenvalue weighted by atomic mass is 32.2. The number of benzene rings is 4. The summed E-state index contributed by atoms with van der Waals surface area (Å²) in [6, 6.07) is 29.4. The van der Waals surface area contributed by atoms with Crippen molar-refractivity contribution in [1.82, 2.24) is 9.73 Å². The maximum absolute atomic E-state index is 13.3. The summed E-state index contributed by atoms with van der Waals surface area (Å²) in [6.45, 7) is -0.538. The molecular weight excluding hydrogens is 559 g/mol. The number of carbonyl (C=O) groups excluding carboxylic acids is 2. The Morgan fingerprint density at radius 3 is 2.14 bits per heavy atom. The number of carbonyl (C=O) groups is 2. The number of halogens is 1. The molecule has 216 valence electrons. The lowest BCUT2D eigenvalue weighted by molar-refractivity contribution is -0.121. The number of nitrogens with one attached hydrogen (secondary N) is 2. The van der Waals surface area contributed by atoms with Crippen molar-refractivity contribution in [2.75, 3.05) is 25.0 Å². The van der Waals surface area contributed by atoms with Gasteiger partial charge in [0.2, 0.25) is 10.0 Å². The number of sulfonamides is 1. The van der Waals surface area contributed by atoms with Crippen molar-refractivity contribution in [3.8, 4) is 5.75 Å². The second kappa shape index (κ2) is 14.7. The molecule has 0 atom stereocenters. The number of amides is 2. The smallest absolute Gasteiger partial charge is 0.262 e. The first-order chi connectivity index (χ1) is 20.3. The summed E-state index contributed by atoms with van der Waals surface area (Å²) in [5.74, 6) is -0.956. The van der Waals surface area contributed by atoms with Gasteiger partial charge in [-0.3, -0.25) is 9.59 Å². The molecule has 0 radical (unpaired) electrons. The van der Waals surface area contributed by atoms with Gasteiger partial charge in [-0.1, -0.05) is 48.5 Å². The van der Waals surface area contributed by atoms with Crippen molar-refractivity contribution in [3.63, 3.8) is 0 Å². The fourth-order valence-corrected chi connectivity index (χ4v) is 5.25. The summed E-state index contributed by atoms with van der Waals surface area (Å²) < 4.78 is 46.1. The monoisotopic (exact) mass is 588 g/mol. The summed E-state index contributed by atoms with van der Waals surface area (Å²) in [4.78, 5) is 24.8. The molecule has 0 aromatic heterocycles. The number of ether oxygens (including phenoxy) is 1. The minimum atomic E-state index is -3.92. The number of rotatable bonds is 13. The zero-order valence-electron chi connectivity index (χ0n) is 22.5. The normalized spacial score (nSPS) is 11.4. The maximum atomic E-state index is 13.3. The molecule has 0 saturated carbocycles. The van der Waals surface area contributed by atoms with Gasteiger partial charge < -0.3 is 10.1 Å². The lowest BCUT2D eigenvalue weighted by atomic mass is 10.1. The molecule has 0 saturated heterocycles. The van der Waals surface area contributed by atoms with E-state index in [2.05, 4.69) is 15.8 Å². The fourth-order valence-electron chi connectivity index (χ4n) is 3.83. The Morgan fingerprint density at radius 2 is 1.48 bits per heavy atom. The van der Waals surface area contributed by atoms with E-state index < -0.39 is 34.2 Å². The van der Waals surface area contributed by atoms with Gasteiger partial charge in [0.1, 0.15) is 11.6 Å². The molecule has 2 N–H and O–H groups in total. The number of anilines is 1. The van der Waals surface area contributed by atoms with Crippen LogP contribution in [0.25, 0.3) is 0 Å². The first-order valence-corrected chi connectivity index (χ1v) is 14.4. The summed E-state index contributed by atoms with van der Waals surface area (Å²) in [5, 5.41) is 6.55. The molecule has 11 heteroatoms. The van der Waals surface area contributed by atoms with Crippen LogP contribution in [-0.2, 0) is 26.0 Å². The zero-order chi connectivity index (χ0) is 29.8. The molecule has 0 aliphatic rings. The predicted octanol–water partition coefficient (Wildman–Crippen LogP) is 4.23. The predicted molar refractivity (Wildman–Crippen MR) is 158 cm³/mol. The highest BCUT2D eigenvalue weighted by Crippen LogP contribution is 2.16. The van der Waals surface area contributed by atoms with Gasteiger partial charge in [-0.15, -0.1) is 0 Å². The quantitative estimate of drug-likeness (QED) is 0.179. The number of hydrazone groups is 1. The summed E-state index contributed by atoms with van der Waals surface area (Å²) in [6.07, 6.45) is 1.84. The molecule has 0 fully saturated rings. The van der Waals surface area contributed by atoms with E-state index >= 15 is 0 Å². The van der Waals surface area contributed by atoms with Crippen molar-refractivity contribution < 1.29 is 27.1 Å². The van der Waals surface area contributed by atoms with Gasteiger partial charge in [-0.05, 0) is 78.2 Å². The Morgan fingerprint density at radius 1 is 0.833 bits per heavy atom. The van der Waals surface area contributed by atoms with Crippen LogP contribution in [0.2, 0.25) is 0 Å². The van der Waals surface area contributed by atoms with E-state index in [1.165, 1.54) is 42.6 Å². The molecular formula is C31H29FN4O5S. The standard InChI is InChI=1S/C31H29FN4O5S/c32-26-13-15-27(16-14-26)34-31(38)23-41-28-17-11-25(12-18-28)21-33-35-30(37)22-36(20-19-24-7-3-1-4-8-24)42(39,40)29-9-5-2-6-10-29/h1-18,21H,19-20,22-23H2,(H,34,38)(H,35,37)/b33-21-. The molecule has 4 aromatic rings. The Labute approximate surface area is 243 Å². The van der Waals surface area contributed by atoms with E-state index in [1.807, 2.05) is 30.3 Å². The van der Waals surface area contributed by atoms with Crippen LogP contribution in [0.1, 0.15) is 11.1 Å². The van der Waals surface area contributed by atoms with Crippen molar-refractivity contribution in [2.24, 2.45) is 5.10 Å². The van der Waals surface area contributed by atoms with Crippen molar-refractivity contribution in [2.45, 2.75) is 11.3 Å². The first-order valence-electron chi connectivity index (χ1n) is 13.0. The molecule has 0 aliphatic carbocycles. The Hall–Kier alpha value is -4.87. The number of hydrogen-bond acceptors (Lipinski definition) is 6. The minimum Gasteiger partial charge on any atom is -0.484 e. The van der Waals surface area contributed by atoms with Gasteiger partial charge in [0.05, 0.1) is 17.7 Å². The van der Waals surface area contributed by atoms with Crippen LogP contribution < -0.4 is 15.5 Å². The summed E-state index contributed by atoms with van der Waals surface area (Å²) >= 11 is 0. The molecule has 4 rings (SSSR count). The molecule has 42 heavy (non-hydrogen) atoms. The number of hydrogen-bond donors (Lipinski definition) is 2. The lowest BCUT2D eigenvalue weighted by Crippen LogP contribution is -2.40. The third kappa shape index (κ3) is 9.08. The van der Waals surface area contributed by atoms with Crippen molar-refractivity contribution in [3.05, 3.63) is 126 Å². The molecule has 0 heterocycles. The molecule has 0 bridgehead atoms. The number of nitrogens with zero attached hydrogens (tertiary/aromatic N) is 2. The average molecular weight is 589 g/mol. The summed E-state index contributed by atoms with van der Waals surface area (Å²) in [5.41, 5.74) is 4.42. The van der Waals surface area contributed by atoms with Crippen LogP contribution in [0.5, 0.6) is 5.75 Å². The molecule has 9 nitrogen and oxygen atoms in total. The van der Waals surface area contributed by atoms with E-state index in [9.17, 15) is 22.4 Å².